The van der Waals surface area contributed by atoms with Gasteiger partial charge in [-0.25, -0.2) is 9.59 Å². The van der Waals surface area contributed by atoms with Crippen LogP contribution in [-0.2, 0) is 4.74 Å². The van der Waals surface area contributed by atoms with Crippen LogP contribution in [-0.4, -0.2) is 40.7 Å². The first-order valence-corrected chi connectivity index (χ1v) is 8.06. The number of nitrogens with one attached hydrogen (secondary N) is 1. The molecule has 0 aromatic carbocycles. The second-order valence-corrected chi connectivity index (χ2v) is 5.89. The van der Waals surface area contributed by atoms with E-state index in [2.05, 4.69) is 15.5 Å². The van der Waals surface area contributed by atoms with Gasteiger partial charge in [-0.05, 0) is 12.8 Å². The molecule has 0 spiro atoms. The predicted molar refractivity (Wildman–Crippen MR) is 82.4 cm³/mol. The molecule has 1 N–H and O–H groups in total. The van der Waals surface area contributed by atoms with E-state index in [0.29, 0.717) is 29.5 Å². The van der Waals surface area contributed by atoms with Crippen LogP contribution in [0.1, 0.15) is 41.0 Å². The van der Waals surface area contributed by atoms with E-state index in [1.165, 1.54) is 18.4 Å². The van der Waals surface area contributed by atoms with Crippen LogP contribution in [0.15, 0.2) is 15.3 Å². The zero-order valence-electron chi connectivity index (χ0n) is 12.7. The van der Waals surface area contributed by atoms with Crippen molar-refractivity contribution in [2.24, 2.45) is 0 Å². The summed E-state index contributed by atoms with van der Waals surface area (Å²) in [6.45, 7) is 2.31. The molecule has 122 valence electrons. The van der Waals surface area contributed by atoms with E-state index < -0.39 is 5.97 Å². The molecule has 9 heteroatoms. The van der Waals surface area contributed by atoms with Crippen molar-refractivity contribution < 1.29 is 18.8 Å². The number of carbonyl (C=O) groups excluding carboxylic acids is 2. The lowest BCUT2D eigenvalue weighted by Crippen LogP contribution is -2.35. The minimum absolute atomic E-state index is 0.215. The van der Waals surface area contributed by atoms with Gasteiger partial charge in [0.1, 0.15) is 0 Å². The number of methoxy groups -OCH3 is 1. The van der Waals surface area contributed by atoms with Gasteiger partial charge in [-0.15, -0.1) is 11.3 Å². The summed E-state index contributed by atoms with van der Waals surface area (Å²) in [4.78, 5) is 30.1. The molecular weight excluding hydrogens is 320 g/mol. The molecule has 1 aliphatic rings. The largest absolute Gasteiger partial charge is 0.465 e. The zero-order valence-corrected chi connectivity index (χ0v) is 13.6. The fraction of sp³-hybridized carbons (Fsp3) is 0.429. The number of esters is 1. The van der Waals surface area contributed by atoms with Crippen LogP contribution in [0.25, 0.3) is 0 Å². The zero-order chi connectivity index (χ0) is 16.4. The Kier molecular flexibility index (Phi) is 4.28. The number of ether oxygens (including phenoxy) is 1. The van der Waals surface area contributed by atoms with Crippen LogP contribution in [0.2, 0.25) is 0 Å². The maximum atomic E-state index is 12.5. The van der Waals surface area contributed by atoms with Crippen LogP contribution in [0, 0.1) is 6.92 Å². The lowest BCUT2D eigenvalue weighted by Gasteiger charge is -2.22. The number of amides is 2. The van der Waals surface area contributed by atoms with Crippen LogP contribution >= 0.6 is 11.3 Å². The third-order valence-electron chi connectivity index (χ3n) is 3.66. The highest BCUT2D eigenvalue weighted by atomic mass is 32.1. The van der Waals surface area contributed by atoms with Gasteiger partial charge in [-0.3, -0.25) is 0 Å². The number of hydrogen-bond donors (Lipinski definition) is 1. The molecule has 1 saturated heterocycles. The number of urea groups is 1. The topological polar surface area (TPSA) is 97.6 Å². The van der Waals surface area contributed by atoms with Gasteiger partial charge in [0, 0.05) is 24.2 Å². The van der Waals surface area contributed by atoms with Crippen molar-refractivity contribution in [3.05, 3.63) is 28.0 Å². The molecule has 1 fully saturated rings. The fourth-order valence-electron chi connectivity index (χ4n) is 2.58. The third kappa shape index (κ3) is 3.04. The summed E-state index contributed by atoms with van der Waals surface area (Å²) < 4.78 is 9.70. The van der Waals surface area contributed by atoms with Crippen molar-refractivity contribution in [2.75, 3.05) is 19.0 Å². The molecule has 1 aliphatic heterocycles. The van der Waals surface area contributed by atoms with E-state index >= 15 is 0 Å². The van der Waals surface area contributed by atoms with Gasteiger partial charge in [-0.1, -0.05) is 5.16 Å². The molecular formula is C14H16N4O4S. The molecule has 0 saturated carbocycles. The Morgan fingerprint density at radius 3 is 3.00 bits per heavy atom. The number of carbonyl (C=O) groups is 2. The summed E-state index contributed by atoms with van der Waals surface area (Å²) in [6.07, 6.45) is 1.64. The molecule has 1 unspecified atom stereocenters. The summed E-state index contributed by atoms with van der Waals surface area (Å²) in [7, 11) is 1.31. The second-order valence-electron chi connectivity index (χ2n) is 5.14. The highest BCUT2D eigenvalue weighted by molar-refractivity contribution is 7.08. The van der Waals surface area contributed by atoms with Crippen molar-refractivity contribution >= 4 is 29.0 Å². The lowest BCUT2D eigenvalue weighted by molar-refractivity contribution is 0.0602. The van der Waals surface area contributed by atoms with Crippen molar-refractivity contribution in [2.45, 2.75) is 25.8 Å². The van der Waals surface area contributed by atoms with Gasteiger partial charge in [0.15, 0.2) is 5.82 Å². The SMILES string of the molecule is COC(=O)c1cscc1NC(=O)N1CCCC1c1noc(C)n1. The van der Waals surface area contributed by atoms with Gasteiger partial charge in [0.25, 0.3) is 0 Å². The Morgan fingerprint density at radius 1 is 1.48 bits per heavy atom. The van der Waals surface area contributed by atoms with E-state index in [1.807, 2.05) is 0 Å². The molecule has 2 aromatic heterocycles. The number of hydrogen-bond acceptors (Lipinski definition) is 7. The summed E-state index contributed by atoms with van der Waals surface area (Å²) in [6, 6.07) is -0.508. The number of likely N-dealkylation sites (tertiary alicyclic amines) is 1. The van der Waals surface area contributed by atoms with E-state index in [4.69, 9.17) is 9.26 Å². The van der Waals surface area contributed by atoms with Gasteiger partial charge >= 0.3 is 12.0 Å². The highest BCUT2D eigenvalue weighted by Crippen LogP contribution is 2.31. The standard InChI is InChI=1S/C14H16N4O4S/c1-8-15-12(17-22-8)11-4-3-5-18(11)14(20)16-10-7-23-6-9(10)13(19)21-2/h6-7,11H,3-5H2,1-2H3,(H,16,20). The van der Waals surface area contributed by atoms with Crippen LogP contribution in [0.5, 0.6) is 0 Å². The summed E-state index contributed by atoms with van der Waals surface area (Å²) in [5.41, 5.74) is 0.791. The van der Waals surface area contributed by atoms with Crippen molar-refractivity contribution in [3.8, 4) is 0 Å². The van der Waals surface area contributed by atoms with Crippen molar-refractivity contribution in [1.82, 2.24) is 15.0 Å². The third-order valence-corrected chi connectivity index (χ3v) is 4.41. The first-order chi connectivity index (χ1) is 11.1. The predicted octanol–water partition coefficient (Wildman–Crippen LogP) is 2.60. The Hall–Kier alpha value is -2.42. The van der Waals surface area contributed by atoms with E-state index in [-0.39, 0.29) is 12.1 Å². The van der Waals surface area contributed by atoms with Crippen LogP contribution < -0.4 is 5.32 Å². The summed E-state index contributed by atoms with van der Waals surface area (Å²) in [5.74, 6) is 0.500. The monoisotopic (exact) mass is 336 g/mol. The fourth-order valence-corrected chi connectivity index (χ4v) is 3.33. The van der Waals surface area contributed by atoms with E-state index in [9.17, 15) is 9.59 Å². The molecule has 23 heavy (non-hydrogen) atoms. The number of aromatic nitrogens is 2. The van der Waals surface area contributed by atoms with E-state index in [0.717, 1.165) is 12.8 Å². The lowest BCUT2D eigenvalue weighted by atomic mass is 10.2. The molecule has 2 amide bonds. The maximum absolute atomic E-state index is 12.5. The Labute approximate surface area is 136 Å². The second kappa shape index (κ2) is 6.37. The molecule has 2 aromatic rings. The summed E-state index contributed by atoms with van der Waals surface area (Å²) in [5, 5.41) is 10.0. The normalized spacial score (nSPS) is 17.3. The first-order valence-electron chi connectivity index (χ1n) is 7.12. The van der Waals surface area contributed by atoms with Gasteiger partial charge < -0.3 is 19.5 Å². The number of aryl methyl sites for hydroxylation is 1. The Bertz CT molecular complexity index is 726. The Balaban J connectivity index is 1.75. The van der Waals surface area contributed by atoms with Crippen molar-refractivity contribution in [1.29, 1.82) is 0 Å². The molecule has 3 heterocycles. The first kappa shape index (κ1) is 15.5. The Morgan fingerprint density at radius 2 is 2.30 bits per heavy atom. The maximum Gasteiger partial charge on any atom is 0.340 e. The number of thiophene rings is 1. The smallest absolute Gasteiger partial charge is 0.340 e. The molecule has 0 bridgehead atoms. The minimum Gasteiger partial charge on any atom is -0.465 e. The average Bonchev–Trinajstić information content (AvgIpc) is 3.25. The molecule has 1 atom stereocenters. The molecule has 3 rings (SSSR count). The van der Waals surface area contributed by atoms with Gasteiger partial charge in [0.2, 0.25) is 5.89 Å². The molecule has 8 nitrogen and oxygen atoms in total. The quantitative estimate of drug-likeness (QED) is 0.865. The van der Waals surface area contributed by atoms with Gasteiger partial charge in [0.05, 0.1) is 24.4 Å². The molecule has 0 radical (unpaired) electrons. The highest BCUT2D eigenvalue weighted by Gasteiger charge is 2.33. The number of nitrogens with zero attached hydrogens (tertiary/aromatic N) is 3. The van der Waals surface area contributed by atoms with Crippen molar-refractivity contribution in [3.63, 3.8) is 0 Å². The number of rotatable bonds is 3. The van der Waals surface area contributed by atoms with Gasteiger partial charge in [-0.2, -0.15) is 4.98 Å². The molecule has 0 aliphatic carbocycles. The number of anilines is 1. The van der Waals surface area contributed by atoms with Crippen LogP contribution in [0.4, 0.5) is 10.5 Å². The van der Waals surface area contributed by atoms with E-state index in [1.54, 1.807) is 22.6 Å². The average molecular weight is 336 g/mol. The van der Waals surface area contributed by atoms with Crippen LogP contribution in [0.3, 0.4) is 0 Å². The minimum atomic E-state index is -0.478. The summed E-state index contributed by atoms with van der Waals surface area (Å²) >= 11 is 1.32.